The highest BCUT2D eigenvalue weighted by molar-refractivity contribution is 5.78. The second-order valence-electron chi connectivity index (χ2n) is 5.73. The summed E-state index contributed by atoms with van der Waals surface area (Å²) >= 11 is 0. The zero-order valence-electron chi connectivity index (χ0n) is 12.9. The number of benzene rings is 1. The van der Waals surface area contributed by atoms with Gasteiger partial charge in [-0.15, -0.1) is 0 Å². The minimum atomic E-state index is 0.253. The van der Waals surface area contributed by atoms with E-state index >= 15 is 0 Å². The highest BCUT2D eigenvalue weighted by Crippen LogP contribution is 2.30. The molecule has 0 bridgehead atoms. The molecule has 1 aliphatic carbocycles. The Bertz CT molecular complexity index is 855. The molecule has 118 valence electrons. The van der Waals surface area contributed by atoms with Gasteiger partial charge in [-0.2, -0.15) is 9.97 Å². The molecule has 0 amide bonds. The molecule has 3 N–H and O–H groups in total. The first-order valence-corrected chi connectivity index (χ1v) is 7.64. The lowest BCUT2D eigenvalue weighted by molar-refractivity contribution is 0.294. The minimum absolute atomic E-state index is 0.253. The van der Waals surface area contributed by atoms with Crippen LogP contribution in [0.5, 0.6) is 5.88 Å². The van der Waals surface area contributed by atoms with Gasteiger partial charge in [-0.05, 0) is 30.5 Å². The maximum atomic E-state index is 5.89. The first-order chi connectivity index (χ1) is 11.2. The topological polar surface area (TPSA) is 90.9 Å². The van der Waals surface area contributed by atoms with Crippen molar-refractivity contribution < 1.29 is 4.74 Å². The summed E-state index contributed by atoms with van der Waals surface area (Å²) in [6.07, 6.45) is 4.11. The van der Waals surface area contributed by atoms with Gasteiger partial charge in [0.1, 0.15) is 6.10 Å². The Morgan fingerprint density at radius 1 is 1.35 bits per heavy atom. The van der Waals surface area contributed by atoms with Gasteiger partial charge in [0.2, 0.25) is 11.8 Å². The predicted molar refractivity (Wildman–Crippen MR) is 87.6 cm³/mol. The van der Waals surface area contributed by atoms with Crippen LogP contribution in [0.15, 0.2) is 30.6 Å². The summed E-state index contributed by atoms with van der Waals surface area (Å²) < 4.78 is 7.75. The van der Waals surface area contributed by atoms with Crippen molar-refractivity contribution in [3.8, 4) is 5.88 Å². The second kappa shape index (κ2) is 5.51. The molecule has 23 heavy (non-hydrogen) atoms. The van der Waals surface area contributed by atoms with Crippen molar-refractivity contribution in [2.24, 2.45) is 12.8 Å². The van der Waals surface area contributed by atoms with Gasteiger partial charge in [-0.3, -0.25) is 0 Å². The Balaban J connectivity index is 1.72. The number of hydrogen-bond acceptors (Lipinski definition) is 6. The molecule has 0 spiro atoms. The number of aromatic nitrogens is 4. The molecule has 4 rings (SSSR count). The molecule has 7 heteroatoms. The largest absolute Gasteiger partial charge is 0.473 e. The molecule has 1 aliphatic rings. The maximum absolute atomic E-state index is 5.89. The van der Waals surface area contributed by atoms with Crippen LogP contribution in [-0.4, -0.2) is 25.6 Å². The lowest BCUT2D eigenvalue weighted by Gasteiger charge is -2.09. The van der Waals surface area contributed by atoms with Crippen LogP contribution in [0, 0.1) is 0 Å². The molecule has 2 heterocycles. The average molecular weight is 310 g/mol. The third-order valence-corrected chi connectivity index (χ3v) is 3.75. The smallest absolute Gasteiger partial charge is 0.247 e. The van der Waals surface area contributed by atoms with E-state index in [1.165, 1.54) is 0 Å². The summed E-state index contributed by atoms with van der Waals surface area (Å²) in [4.78, 5) is 13.4. The van der Waals surface area contributed by atoms with Crippen molar-refractivity contribution in [3.05, 3.63) is 36.2 Å². The molecule has 0 unspecified atom stereocenters. The molecule has 0 aliphatic heterocycles. The van der Waals surface area contributed by atoms with Crippen molar-refractivity contribution in [3.63, 3.8) is 0 Å². The highest BCUT2D eigenvalue weighted by Gasteiger charge is 2.26. The Kier molecular flexibility index (Phi) is 3.34. The number of aryl methyl sites for hydroxylation is 1. The standard InChI is InChI=1S/C16H18N6O/c1-22-9-18-13-14(22)20-16(21-15(13)23-12-5-6-12)19-11-4-2-3-10(7-11)8-17/h2-4,7,9,12H,5-6,8,17H2,1H3,(H,19,20,21). The van der Waals surface area contributed by atoms with Crippen molar-refractivity contribution in [2.45, 2.75) is 25.5 Å². The third kappa shape index (κ3) is 2.83. The molecular formula is C16H18N6O. The summed E-state index contributed by atoms with van der Waals surface area (Å²) in [6, 6.07) is 7.88. The number of imidazole rings is 1. The summed E-state index contributed by atoms with van der Waals surface area (Å²) in [6.45, 7) is 0.493. The quantitative estimate of drug-likeness (QED) is 0.750. The van der Waals surface area contributed by atoms with E-state index < -0.39 is 0 Å². The first kappa shape index (κ1) is 14.0. The molecule has 0 radical (unpaired) electrons. The monoisotopic (exact) mass is 310 g/mol. The van der Waals surface area contributed by atoms with Gasteiger partial charge in [0.25, 0.3) is 0 Å². The van der Waals surface area contributed by atoms with Crippen molar-refractivity contribution >= 4 is 22.8 Å². The molecule has 3 aromatic rings. The summed E-state index contributed by atoms with van der Waals surface area (Å²) in [5.41, 5.74) is 9.07. The van der Waals surface area contributed by atoms with Crippen molar-refractivity contribution in [2.75, 3.05) is 5.32 Å². The lowest BCUT2D eigenvalue weighted by Crippen LogP contribution is -2.05. The lowest BCUT2D eigenvalue weighted by atomic mass is 10.2. The van der Waals surface area contributed by atoms with Crippen LogP contribution in [0.4, 0.5) is 11.6 Å². The zero-order valence-corrected chi connectivity index (χ0v) is 12.9. The van der Waals surface area contributed by atoms with Gasteiger partial charge in [0, 0.05) is 19.3 Å². The molecular weight excluding hydrogens is 292 g/mol. The van der Waals surface area contributed by atoms with Gasteiger partial charge in [0.15, 0.2) is 11.2 Å². The highest BCUT2D eigenvalue weighted by atomic mass is 16.5. The van der Waals surface area contributed by atoms with E-state index in [0.29, 0.717) is 23.9 Å². The summed E-state index contributed by atoms with van der Waals surface area (Å²) in [5, 5.41) is 3.22. The maximum Gasteiger partial charge on any atom is 0.247 e. The zero-order chi connectivity index (χ0) is 15.8. The van der Waals surface area contributed by atoms with Crippen LogP contribution in [0.25, 0.3) is 11.2 Å². The van der Waals surface area contributed by atoms with Crippen LogP contribution in [0.2, 0.25) is 0 Å². The van der Waals surface area contributed by atoms with Gasteiger partial charge >= 0.3 is 0 Å². The molecule has 0 saturated heterocycles. The fourth-order valence-corrected chi connectivity index (χ4v) is 2.37. The predicted octanol–water partition coefficient (Wildman–Crippen LogP) is 2.11. The Morgan fingerprint density at radius 2 is 2.22 bits per heavy atom. The van der Waals surface area contributed by atoms with Gasteiger partial charge in [-0.25, -0.2) is 4.98 Å². The number of hydrogen-bond donors (Lipinski definition) is 2. The third-order valence-electron chi connectivity index (χ3n) is 3.75. The molecule has 7 nitrogen and oxygen atoms in total. The van der Waals surface area contributed by atoms with Crippen molar-refractivity contribution in [1.29, 1.82) is 0 Å². The van der Waals surface area contributed by atoms with Gasteiger partial charge in [0.05, 0.1) is 6.33 Å². The molecule has 0 atom stereocenters. The minimum Gasteiger partial charge on any atom is -0.473 e. The fourth-order valence-electron chi connectivity index (χ4n) is 2.37. The number of nitrogens with one attached hydrogen (secondary N) is 1. The number of nitrogens with zero attached hydrogens (tertiary/aromatic N) is 4. The van der Waals surface area contributed by atoms with Crippen molar-refractivity contribution in [1.82, 2.24) is 19.5 Å². The first-order valence-electron chi connectivity index (χ1n) is 7.64. The fraction of sp³-hybridized carbons (Fsp3) is 0.312. The van der Waals surface area contributed by atoms with E-state index in [1.807, 2.05) is 35.9 Å². The van der Waals surface area contributed by atoms with Crippen LogP contribution in [-0.2, 0) is 13.6 Å². The summed E-state index contributed by atoms with van der Waals surface area (Å²) in [5.74, 6) is 1.03. The normalized spacial score (nSPS) is 14.2. The number of ether oxygens (including phenoxy) is 1. The van der Waals surface area contributed by atoms with E-state index in [0.717, 1.165) is 29.7 Å². The number of rotatable bonds is 5. The Hall–Kier alpha value is -2.67. The van der Waals surface area contributed by atoms with Gasteiger partial charge in [-0.1, -0.05) is 12.1 Å². The summed E-state index contributed by atoms with van der Waals surface area (Å²) in [7, 11) is 1.90. The van der Waals surface area contributed by atoms with E-state index in [1.54, 1.807) is 6.33 Å². The average Bonchev–Trinajstić information content (AvgIpc) is 3.30. The van der Waals surface area contributed by atoms with Crippen LogP contribution < -0.4 is 15.8 Å². The molecule has 1 aromatic carbocycles. The number of fused-ring (bicyclic) bond motifs is 1. The second-order valence-corrected chi connectivity index (χ2v) is 5.73. The number of nitrogens with two attached hydrogens (primary N) is 1. The number of anilines is 2. The van der Waals surface area contributed by atoms with E-state index in [2.05, 4.69) is 20.3 Å². The molecule has 1 fully saturated rings. The van der Waals surface area contributed by atoms with Gasteiger partial charge < -0.3 is 20.4 Å². The van der Waals surface area contributed by atoms with Crippen LogP contribution >= 0.6 is 0 Å². The SMILES string of the molecule is Cn1cnc2c(OC3CC3)nc(Nc3cccc(CN)c3)nc21. The van der Waals surface area contributed by atoms with E-state index in [-0.39, 0.29) is 6.10 Å². The van der Waals surface area contributed by atoms with E-state index in [9.17, 15) is 0 Å². The van der Waals surface area contributed by atoms with Crippen LogP contribution in [0.3, 0.4) is 0 Å². The van der Waals surface area contributed by atoms with Crippen LogP contribution in [0.1, 0.15) is 18.4 Å². The molecule has 2 aromatic heterocycles. The molecule has 1 saturated carbocycles. The Labute approximate surface area is 133 Å². The van der Waals surface area contributed by atoms with E-state index in [4.69, 9.17) is 10.5 Å². The Morgan fingerprint density at radius 3 is 3.00 bits per heavy atom.